The molecule has 9 amide bonds. The van der Waals surface area contributed by atoms with Crippen molar-refractivity contribution >= 4 is 142 Å². The summed E-state index contributed by atoms with van der Waals surface area (Å²) in [5.74, 6) is -4.29. The highest BCUT2D eigenvalue weighted by molar-refractivity contribution is 7.18. The van der Waals surface area contributed by atoms with Crippen LogP contribution in [0.2, 0.25) is 0 Å². The summed E-state index contributed by atoms with van der Waals surface area (Å²) in [7, 11) is 3.02. The first-order valence-corrected chi connectivity index (χ1v) is 36.0. The molecule has 3 aromatic carbocycles. The summed E-state index contributed by atoms with van der Waals surface area (Å²) < 4.78 is 24.9. The van der Waals surface area contributed by atoms with Gasteiger partial charge in [-0.25, -0.2) is 14.4 Å². The molecule has 0 aliphatic carbocycles. The third-order valence-corrected chi connectivity index (χ3v) is 21.1. The number of aryl methyl sites for hydroxylation is 2. The summed E-state index contributed by atoms with van der Waals surface area (Å²) in [5, 5.41) is 57.8. The SMILES string of the molecule is CC(=O)C[C@@H](CCNC(C)=O)C(=O)N[C@H](C(=O)C[C@@H](CCCNC(N)=O)C(=O)Nc1ccc(COC(=O)N(C)CCN(C)C(=O)Oc2cc3c(c4c(C)csc24)[C@H](CCl)CN3C(=O)CCCC(=O)N2C[C@@H](CCl)c3c2cc(O[C@@H]2O[C@H](CO)[C@H](O)[C@H](O)[C@H]2O)c2scc(C)c32)cc1)C(C)C. The molecule has 0 radical (unpaired) electrons. The summed E-state index contributed by atoms with van der Waals surface area (Å²) in [4.78, 5) is 138. The van der Waals surface area contributed by atoms with E-state index >= 15 is 0 Å². The molecule has 5 heterocycles. The number of aliphatic hydroxyl groups excluding tert-OH is 4. The van der Waals surface area contributed by atoms with Gasteiger partial charge in [0.05, 0.1) is 33.4 Å². The number of thiophene rings is 2. The molecular formula is C69H89Cl2N9O18S2. The van der Waals surface area contributed by atoms with Crippen LogP contribution in [-0.4, -0.2) is 198 Å². The van der Waals surface area contributed by atoms with E-state index in [-0.39, 0.29) is 149 Å². The Hall–Kier alpha value is -7.74. The first kappa shape index (κ1) is 78.0. The number of Topliss-reactive ketones (excluding diaryl/α,β-unsaturated/α-hetero) is 2. The average Bonchev–Trinajstić information content (AvgIpc) is 1.58. The number of aliphatic hydroxyl groups is 4. The van der Waals surface area contributed by atoms with Crippen molar-refractivity contribution in [2.24, 2.45) is 23.5 Å². The topological polar surface area (TPSA) is 376 Å². The smallest absolute Gasteiger partial charge is 0.415 e. The normalized spacial score (nSPS) is 19.5. The maximum absolute atomic E-state index is 14.4. The third-order valence-electron chi connectivity index (χ3n) is 18.2. The summed E-state index contributed by atoms with van der Waals surface area (Å²) in [6, 6.07) is 8.06. The summed E-state index contributed by atoms with van der Waals surface area (Å²) in [5.41, 5.74) is 10.7. The number of amides is 9. The van der Waals surface area contributed by atoms with Gasteiger partial charge in [-0.15, -0.1) is 45.9 Å². The number of primary amides is 1. The number of likely N-dealkylation sites (N-methyl/N-ethyl adjacent to an activating group) is 2. The van der Waals surface area contributed by atoms with Gasteiger partial charge in [-0.1, -0.05) is 26.0 Å². The molecule has 10 atom stereocenters. The lowest BCUT2D eigenvalue weighted by Gasteiger charge is -2.39. The Morgan fingerprint density at radius 3 is 1.82 bits per heavy atom. The van der Waals surface area contributed by atoms with Gasteiger partial charge in [0.15, 0.2) is 11.5 Å². The maximum atomic E-state index is 14.4. The number of alkyl halides is 2. The molecule has 100 heavy (non-hydrogen) atoms. The molecule has 0 bridgehead atoms. The van der Waals surface area contributed by atoms with Gasteiger partial charge in [0.2, 0.25) is 35.8 Å². The predicted octanol–water partition coefficient (Wildman–Crippen LogP) is 7.04. The number of hydrogen-bond donors (Lipinski definition) is 9. The van der Waals surface area contributed by atoms with Crippen molar-refractivity contribution in [1.29, 1.82) is 0 Å². The van der Waals surface area contributed by atoms with Crippen LogP contribution in [0.15, 0.2) is 47.2 Å². The van der Waals surface area contributed by atoms with Crippen LogP contribution < -0.4 is 46.3 Å². The van der Waals surface area contributed by atoms with Gasteiger partial charge in [-0.3, -0.25) is 28.8 Å². The zero-order valence-electron chi connectivity index (χ0n) is 57.1. The second kappa shape index (κ2) is 35.2. The van der Waals surface area contributed by atoms with Crippen molar-refractivity contribution in [3.63, 3.8) is 0 Å². The Kier molecular flexibility index (Phi) is 27.5. The van der Waals surface area contributed by atoms with Gasteiger partial charge >= 0.3 is 18.2 Å². The number of carbonyl (C=O) groups excluding carboxylic acids is 10. The van der Waals surface area contributed by atoms with E-state index in [0.717, 1.165) is 33.0 Å². The van der Waals surface area contributed by atoms with Crippen molar-refractivity contribution < 1.29 is 87.3 Å². The lowest BCUT2D eigenvalue weighted by molar-refractivity contribution is -0.277. The van der Waals surface area contributed by atoms with E-state index in [2.05, 4.69) is 21.3 Å². The fourth-order valence-electron chi connectivity index (χ4n) is 12.7. The van der Waals surface area contributed by atoms with E-state index in [1.54, 1.807) is 60.0 Å². The summed E-state index contributed by atoms with van der Waals surface area (Å²) >= 11 is 16.0. The van der Waals surface area contributed by atoms with Gasteiger partial charge in [0.1, 0.15) is 42.6 Å². The highest BCUT2D eigenvalue weighted by atomic mass is 35.5. The largest absolute Gasteiger partial charge is 0.460 e. The molecule has 10 N–H and O–H groups in total. The number of nitrogens with two attached hydrogens (primary N) is 1. The van der Waals surface area contributed by atoms with Gasteiger partial charge in [0, 0.05) is 150 Å². The minimum Gasteiger partial charge on any atom is -0.460 e. The number of fused-ring (bicyclic) bond motifs is 6. The lowest BCUT2D eigenvalue weighted by atomic mass is 9.88. The average molecular weight is 1470 g/mol. The quantitative estimate of drug-likeness (QED) is 0.0154. The zero-order chi connectivity index (χ0) is 73.0. The van der Waals surface area contributed by atoms with Crippen LogP contribution in [0.4, 0.5) is 31.4 Å². The predicted molar refractivity (Wildman–Crippen MR) is 378 cm³/mol. The minimum absolute atomic E-state index is 0.0199. The molecule has 27 nitrogen and oxygen atoms in total. The van der Waals surface area contributed by atoms with Gasteiger partial charge in [-0.05, 0) is 103 Å². The van der Waals surface area contributed by atoms with Crippen LogP contribution in [0.5, 0.6) is 11.5 Å². The number of nitrogens with zero attached hydrogens (tertiary/aromatic N) is 4. The number of benzene rings is 3. The summed E-state index contributed by atoms with van der Waals surface area (Å²) in [6.07, 6.45) is -8.65. The Balaban J connectivity index is 0.847. The number of nitrogens with one attached hydrogen (secondary N) is 4. The second-order valence-corrected chi connectivity index (χ2v) is 28.5. The fourth-order valence-corrected chi connectivity index (χ4v) is 15.3. The number of ketones is 2. The zero-order valence-corrected chi connectivity index (χ0v) is 60.3. The molecule has 5 aromatic rings. The number of halogens is 2. The number of ether oxygens (including phenoxy) is 4. The Labute approximate surface area is 597 Å². The molecule has 0 saturated carbocycles. The van der Waals surface area contributed by atoms with Crippen LogP contribution in [0, 0.1) is 31.6 Å². The van der Waals surface area contributed by atoms with E-state index in [4.69, 9.17) is 47.9 Å². The Morgan fingerprint density at radius 2 is 1.28 bits per heavy atom. The Bertz CT molecular complexity index is 3830. The van der Waals surface area contributed by atoms with Gasteiger partial charge in [0.25, 0.3) is 0 Å². The second-order valence-electron chi connectivity index (χ2n) is 26.1. The van der Waals surface area contributed by atoms with Gasteiger partial charge in [-0.2, -0.15) is 0 Å². The van der Waals surface area contributed by atoms with Crippen LogP contribution in [0.1, 0.15) is 119 Å². The first-order chi connectivity index (χ1) is 47.5. The standard InChI is InChI=1S/C69H89Cl2N9O18S2/c1-35(2)58(76-65(91)42(23-38(5)82)18-20-73-39(6)83)48(84)24-41(11-10-19-74-67(72)92)64(90)75-45-16-14-40(15-17-45)32-95-68(93)77(7)21-22-78(8)69(94)98-50-26-47-57(55-37(4)34-100-63(50)55)44(28-71)30-80(47)53(86)13-9-12-52(85)79-29-43(27-70)56-46(79)25-49(62-54(56)36(3)33-99-62)96-66-61(89)60(88)59(87)51(31-81)97-66/h14-17,25-26,33-35,41-44,51,58-61,66,81,87-89H,9-13,18-24,27-32H2,1-8H3,(H,73,83)(H,75,90)(H,76,91)(H3,72,74,92)/t41-,42-,43-,44-,51-,58+,59+,60+,61-,66-/m1/s1. The minimum atomic E-state index is -1.67. The van der Waals surface area contributed by atoms with Crippen molar-refractivity contribution in [1.82, 2.24) is 25.8 Å². The van der Waals surface area contributed by atoms with Crippen LogP contribution >= 0.6 is 45.9 Å². The van der Waals surface area contributed by atoms with E-state index in [0.29, 0.717) is 38.4 Å². The van der Waals surface area contributed by atoms with Gasteiger partial charge < -0.3 is 90.8 Å². The molecule has 3 aliphatic rings. The van der Waals surface area contributed by atoms with Crippen LogP contribution in [0.3, 0.4) is 0 Å². The molecule has 2 aromatic heterocycles. The van der Waals surface area contributed by atoms with Crippen molar-refractivity contribution in [3.8, 4) is 11.5 Å². The molecule has 3 aliphatic heterocycles. The molecule has 0 spiro atoms. The monoisotopic (exact) mass is 1470 g/mol. The van der Waals surface area contributed by atoms with Crippen molar-refractivity contribution in [2.45, 2.75) is 148 Å². The molecule has 8 rings (SSSR count). The lowest BCUT2D eigenvalue weighted by Crippen LogP contribution is -2.60. The van der Waals surface area contributed by atoms with E-state index < -0.39 is 96.9 Å². The number of urea groups is 1. The maximum Gasteiger partial charge on any atom is 0.415 e. The number of anilines is 3. The van der Waals surface area contributed by atoms with E-state index in [9.17, 15) is 68.4 Å². The molecule has 544 valence electrons. The van der Waals surface area contributed by atoms with Crippen molar-refractivity contribution in [3.05, 3.63) is 75.0 Å². The highest BCUT2D eigenvalue weighted by Crippen LogP contribution is 2.51. The summed E-state index contributed by atoms with van der Waals surface area (Å²) in [6.45, 7) is 10.1. The fraction of sp³-hybridized carbons (Fsp3) is 0.536. The molecule has 0 unspecified atom stereocenters. The van der Waals surface area contributed by atoms with E-state index in [1.807, 2.05) is 24.6 Å². The Morgan fingerprint density at radius 1 is 0.720 bits per heavy atom. The number of rotatable bonds is 32. The van der Waals surface area contributed by atoms with Crippen LogP contribution in [-0.2, 0) is 49.6 Å². The molecule has 31 heteroatoms. The molecule has 1 fully saturated rings. The molecular weight excluding hydrogens is 1380 g/mol. The van der Waals surface area contributed by atoms with Crippen LogP contribution in [0.25, 0.3) is 20.2 Å². The first-order valence-electron chi connectivity index (χ1n) is 33.2. The highest BCUT2D eigenvalue weighted by Gasteiger charge is 2.46. The third kappa shape index (κ3) is 18.9. The van der Waals surface area contributed by atoms with Crippen molar-refractivity contribution in [2.75, 3.05) is 86.8 Å². The number of hydrogen-bond acceptors (Lipinski definition) is 20. The number of carbonyl (C=O) groups is 10. The molecule has 1 saturated heterocycles. The van der Waals surface area contributed by atoms with E-state index in [1.165, 1.54) is 60.4 Å².